The molecule has 3 N–H and O–H groups in total. The number of aromatic amines is 1. The van der Waals surface area contributed by atoms with E-state index in [0.29, 0.717) is 22.1 Å². The number of aromatic nitrogens is 2. The van der Waals surface area contributed by atoms with Crippen molar-refractivity contribution in [1.82, 2.24) is 9.97 Å². The molecule has 5 aromatic rings. The van der Waals surface area contributed by atoms with E-state index in [1.807, 2.05) is 42.5 Å². The Labute approximate surface area is 189 Å². The fourth-order valence-electron chi connectivity index (χ4n) is 3.81. The Hall–Kier alpha value is -3.49. The van der Waals surface area contributed by atoms with E-state index in [0.717, 1.165) is 44.8 Å². The van der Waals surface area contributed by atoms with Gasteiger partial charge in [-0.15, -0.1) is 0 Å². The van der Waals surface area contributed by atoms with Gasteiger partial charge >= 0.3 is 0 Å². The molecule has 0 spiro atoms. The minimum Gasteiger partial charge on any atom is -0.494 e. The summed E-state index contributed by atoms with van der Waals surface area (Å²) in [5.41, 5.74) is 5.50. The first-order valence-corrected chi connectivity index (χ1v) is 12.0. The van der Waals surface area contributed by atoms with Crippen molar-refractivity contribution in [2.45, 2.75) is 0 Å². The third-order valence-corrected chi connectivity index (χ3v) is 5.96. The van der Waals surface area contributed by atoms with Crippen LogP contribution in [0.2, 0.25) is 5.02 Å². The van der Waals surface area contributed by atoms with Crippen LogP contribution in [0.4, 0.5) is 17.1 Å². The highest BCUT2D eigenvalue weighted by molar-refractivity contribution is 7.92. The summed E-state index contributed by atoms with van der Waals surface area (Å²) in [7, 11) is -1.85. The molecule has 0 radical (unpaired) electrons. The zero-order valence-corrected chi connectivity index (χ0v) is 18.8. The second-order valence-corrected chi connectivity index (χ2v) is 9.67. The van der Waals surface area contributed by atoms with Crippen molar-refractivity contribution in [3.63, 3.8) is 0 Å². The molecular weight excluding hydrogens is 448 g/mol. The van der Waals surface area contributed by atoms with Gasteiger partial charge in [0.1, 0.15) is 5.75 Å². The SMILES string of the molecule is COc1cc(NS(C)(=O)=O)ccc1Nc1cccc2[nH]c3cc4cc(Cl)ccc4nc3c12. The van der Waals surface area contributed by atoms with Gasteiger partial charge in [-0.25, -0.2) is 13.4 Å². The Balaban J connectivity index is 1.63. The molecule has 0 amide bonds. The van der Waals surface area contributed by atoms with Gasteiger partial charge in [-0.05, 0) is 48.5 Å². The largest absolute Gasteiger partial charge is 0.494 e. The maximum atomic E-state index is 11.5. The maximum absolute atomic E-state index is 11.5. The molecule has 0 aliphatic carbocycles. The van der Waals surface area contributed by atoms with E-state index in [1.165, 1.54) is 7.11 Å². The van der Waals surface area contributed by atoms with E-state index >= 15 is 0 Å². The minimum absolute atomic E-state index is 0.423. The number of hydrogen-bond donors (Lipinski definition) is 3. The van der Waals surface area contributed by atoms with Gasteiger partial charge in [0.2, 0.25) is 10.0 Å². The Bertz CT molecular complexity index is 1610. The number of H-pyrrole nitrogens is 1. The Morgan fingerprint density at radius 3 is 2.62 bits per heavy atom. The summed E-state index contributed by atoms with van der Waals surface area (Å²) in [6.07, 6.45) is 1.11. The third-order valence-electron chi connectivity index (χ3n) is 5.12. The summed E-state index contributed by atoms with van der Waals surface area (Å²) in [6, 6.07) is 18.7. The van der Waals surface area contributed by atoms with E-state index < -0.39 is 10.0 Å². The predicted octanol–water partition coefficient (Wildman–Crippen LogP) is 5.65. The van der Waals surface area contributed by atoms with E-state index in [1.54, 1.807) is 18.2 Å². The van der Waals surface area contributed by atoms with Crippen molar-refractivity contribution in [2.24, 2.45) is 0 Å². The molecule has 0 saturated carbocycles. The van der Waals surface area contributed by atoms with Crippen LogP contribution >= 0.6 is 11.6 Å². The maximum Gasteiger partial charge on any atom is 0.229 e. The van der Waals surface area contributed by atoms with Gasteiger partial charge < -0.3 is 15.0 Å². The summed E-state index contributed by atoms with van der Waals surface area (Å²) < 4.78 is 31.0. The summed E-state index contributed by atoms with van der Waals surface area (Å²) in [4.78, 5) is 8.29. The molecule has 2 heterocycles. The van der Waals surface area contributed by atoms with Crippen molar-refractivity contribution in [1.29, 1.82) is 0 Å². The molecule has 0 fully saturated rings. The first-order chi connectivity index (χ1) is 15.3. The minimum atomic E-state index is -3.39. The topological polar surface area (TPSA) is 96.1 Å². The molecule has 0 atom stereocenters. The highest BCUT2D eigenvalue weighted by Crippen LogP contribution is 2.37. The number of rotatable bonds is 5. The number of sulfonamides is 1. The second-order valence-electron chi connectivity index (χ2n) is 7.49. The molecule has 3 aromatic carbocycles. The van der Waals surface area contributed by atoms with Crippen LogP contribution in [0.5, 0.6) is 5.75 Å². The van der Waals surface area contributed by atoms with E-state index in [4.69, 9.17) is 21.3 Å². The lowest BCUT2D eigenvalue weighted by Crippen LogP contribution is -2.09. The number of nitrogens with zero attached hydrogens (tertiary/aromatic N) is 1. The van der Waals surface area contributed by atoms with Gasteiger partial charge in [-0.2, -0.15) is 0 Å². The molecule has 2 aromatic heterocycles. The zero-order valence-electron chi connectivity index (χ0n) is 17.2. The molecule has 7 nitrogen and oxygen atoms in total. The van der Waals surface area contributed by atoms with Crippen molar-refractivity contribution in [3.05, 3.63) is 65.7 Å². The number of anilines is 3. The average molecular weight is 467 g/mol. The second kappa shape index (κ2) is 7.58. The fraction of sp³-hybridized carbons (Fsp3) is 0.0870. The Morgan fingerprint density at radius 1 is 1.00 bits per heavy atom. The molecular formula is C23H19ClN4O3S. The Kier molecular flexibility index (Phi) is 4.83. The van der Waals surface area contributed by atoms with Crippen LogP contribution in [0, 0.1) is 0 Å². The van der Waals surface area contributed by atoms with Crippen molar-refractivity contribution >= 4 is 71.5 Å². The molecule has 0 bridgehead atoms. The average Bonchev–Trinajstić information content (AvgIpc) is 3.10. The first-order valence-electron chi connectivity index (χ1n) is 9.74. The Morgan fingerprint density at radius 2 is 1.84 bits per heavy atom. The summed E-state index contributed by atoms with van der Waals surface area (Å²) >= 11 is 6.14. The van der Waals surface area contributed by atoms with Crippen LogP contribution in [-0.2, 0) is 10.0 Å². The van der Waals surface area contributed by atoms with Gasteiger partial charge in [0, 0.05) is 21.9 Å². The number of methoxy groups -OCH3 is 1. The molecule has 0 aliphatic rings. The van der Waals surface area contributed by atoms with E-state index in [-0.39, 0.29) is 0 Å². The summed E-state index contributed by atoms with van der Waals surface area (Å²) in [6.45, 7) is 0. The zero-order chi connectivity index (χ0) is 22.5. The predicted molar refractivity (Wildman–Crippen MR) is 131 cm³/mol. The lowest BCUT2D eigenvalue weighted by molar-refractivity contribution is 0.417. The number of benzene rings is 3. The molecule has 0 aliphatic heterocycles. The van der Waals surface area contributed by atoms with Crippen LogP contribution in [0.1, 0.15) is 0 Å². The van der Waals surface area contributed by atoms with Crippen molar-refractivity contribution < 1.29 is 13.2 Å². The van der Waals surface area contributed by atoms with Gasteiger partial charge in [-0.1, -0.05) is 17.7 Å². The first kappa shape index (κ1) is 20.4. The molecule has 0 saturated heterocycles. The molecule has 5 rings (SSSR count). The van der Waals surface area contributed by atoms with Crippen molar-refractivity contribution in [3.8, 4) is 5.75 Å². The van der Waals surface area contributed by atoms with Crippen LogP contribution < -0.4 is 14.8 Å². The lowest BCUT2D eigenvalue weighted by Gasteiger charge is -2.14. The van der Waals surface area contributed by atoms with Gasteiger partial charge in [0.25, 0.3) is 0 Å². The highest BCUT2D eigenvalue weighted by atomic mass is 35.5. The van der Waals surface area contributed by atoms with Crippen LogP contribution in [0.15, 0.2) is 60.7 Å². The molecule has 162 valence electrons. The summed E-state index contributed by atoms with van der Waals surface area (Å²) in [5.74, 6) is 0.503. The third kappa shape index (κ3) is 3.79. The monoisotopic (exact) mass is 466 g/mol. The molecule has 9 heteroatoms. The van der Waals surface area contributed by atoms with Crippen molar-refractivity contribution in [2.75, 3.05) is 23.4 Å². The van der Waals surface area contributed by atoms with Gasteiger partial charge in [0.05, 0.1) is 52.5 Å². The number of nitrogens with one attached hydrogen (secondary N) is 3. The van der Waals surface area contributed by atoms with E-state index in [9.17, 15) is 8.42 Å². The van der Waals surface area contributed by atoms with Crippen LogP contribution in [0.3, 0.4) is 0 Å². The molecule has 0 unspecified atom stereocenters. The highest BCUT2D eigenvalue weighted by Gasteiger charge is 2.14. The van der Waals surface area contributed by atoms with Crippen LogP contribution in [0.25, 0.3) is 32.8 Å². The lowest BCUT2D eigenvalue weighted by atomic mass is 10.1. The number of ether oxygens (including phenoxy) is 1. The van der Waals surface area contributed by atoms with Crippen LogP contribution in [-0.4, -0.2) is 31.8 Å². The number of halogens is 1. The normalized spacial score (nSPS) is 11.8. The fourth-order valence-corrected chi connectivity index (χ4v) is 4.55. The number of hydrogen-bond acceptors (Lipinski definition) is 5. The summed E-state index contributed by atoms with van der Waals surface area (Å²) in [5, 5.41) is 5.98. The van der Waals surface area contributed by atoms with Gasteiger partial charge in [-0.3, -0.25) is 4.72 Å². The number of fused-ring (bicyclic) bond motifs is 4. The van der Waals surface area contributed by atoms with Gasteiger partial charge in [0.15, 0.2) is 0 Å². The quantitative estimate of drug-likeness (QED) is 0.311. The standard InChI is InChI=1S/C23H19ClN4O3S/c1-31-21-12-15(28-32(2,29)30)7-9-17(21)25-18-4-3-5-19-22(18)23-20(26-19)11-13-10-14(24)6-8-16(13)27-23/h3-12,25-26,28H,1-2H3. The molecule has 32 heavy (non-hydrogen) atoms. The smallest absolute Gasteiger partial charge is 0.229 e. The van der Waals surface area contributed by atoms with E-state index in [2.05, 4.69) is 15.0 Å². The number of pyridine rings is 1.